The second-order valence-electron chi connectivity index (χ2n) is 10.4. The smallest absolute Gasteiger partial charge is 0.138 e. The number of fused-ring (bicyclic) bond motifs is 9. The van der Waals surface area contributed by atoms with E-state index in [4.69, 9.17) is 4.98 Å². The molecule has 8 aromatic rings. The summed E-state index contributed by atoms with van der Waals surface area (Å²) in [6.45, 7) is 0. The summed E-state index contributed by atoms with van der Waals surface area (Å²) in [6, 6.07) is 37.4. The molecule has 1 unspecified atom stereocenters. The van der Waals surface area contributed by atoms with Crippen LogP contribution in [0.2, 0.25) is 0 Å². The van der Waals surface area contributed by atoms with E-state index in [1.54, 1.807) is 0 Å². The normalized spacial score (nSPS) is 15.2. The van der Waals surface area contributed by atoms with E-state index in [0.29, 0.717) is 0 Å². The molecular weight excluding hydrogens is 494 g/mol. The zero-order chi connectivity index (χ0) is 25.5. The average molecular weight is 518 g/mol. The summed E-state index contributed by atoms with van der Waals surface area (Å²) in [4.78, 5) is 6.34. The molecule has 1 aliphatic rings. The molecule has 0 N–H and O–H groups in total. The molecule has 4 heterocycles. The summed E-state index contributed by atoms with van der Waals surface area (Å²) in [5.74, 6) is 0.975. The van der Waals surface area contributed by atoms with Crippen molar-refractivity contribution < 1.29 is 0 Å². The molecule has 9 rings (SSSR count). The maximum Gasteiger partial charge on any atom is 0.138 e. The molecule has 0 aliphatic heterocycles. The van der Waals surface area contributed by atoms with Crippen LogP contribution in [0.25, 0.3) is 65.6 Å². The molecule has 1 aliphatic carbocycles. The minimum Gasteiger partial charge on any atom is -0.333 e. The third kappa shape index (κ3) is 2.95. The van der Waals surface area contributed by atoms with Gasteiger partial charge in [0.25, 0.3) is 0 Å². The highest BCUT2D eigenvalue weighted by Gasteiger charge is 2.24. The standard InChI is InChI=1S/C35H23N3S/c1-5-13-29-23(9-1)24-10-2-6-14-30(24)37(29)22-17-18-33-27(19-22)28-20-35(36-21-34(28)39-33)38-31-15-7-3-11-25(31)26-12-4-8-16-32(26)38/h1-18,20-22H,19H2. The maximum absolute atomic E-state index is 4.99. The van der Waals surface area contributed by atoms with Crippen molar-refractivity contribution in [1.29, 1.82) is 0 Å². The van der Waals surface area contributed by atoms with Gasteiger partial charge in [0.05, 0.1) is 21.8 Å². The summed E-state index contributed by atoms with van der Waals surface area (Å²) < 4.78 is 6.09. The van der Waals surface area contributed by atoms with Gasteiger partial charge in [0, 0.05) is 49.0 Å². The average Bonchev–Trinajstić information content (AvgIpc) is 3.64. The molecule has 0 bridgehead atoms. The van der Waals surface area contributed by atoms with Gasteiger partial charge in [0.2, 0.25) is 0 Å². The van der Waals surface area contributed by atoms with E-state index in [9.17, 15) is 0 Å². The first-order valence-corrected chi connectivity index (χ1v) is 14.2. The summed E-state index contributed by atoms with van der Waals surface area (Å²) in [6.07, 6.45) is 7.75. The Morgan fingerprint density at radius 3 is 1.79 bits per heavy atom. The zero-order valence-electron chi connectivity index (χ0n) is 21.1. The number of pyridine rings is 1. The van der Waals surface area contributed by atoms with Crippen LogP contribution in [0.5, 0.6) is 0 Å². The van der Waals surface area contributed by atoms with Crippen LogP contribution in [0.3, 0.4) is 0 Å². The van der Waals surface area contributed by atoms with Gasteiger partial charge in [-0.05, 0) is 48.4 Å². The second kappa shape index (κ2) is 7.92. The lowest BCUT2D eigenvalue weighted by atomic mass is 9.97. The summed E-state index contributed by atoms with van der Waals surface area (Å²) in [5, 5.41) is 6.48. The van der Waals surface area contributed by atoms with Crippen molar-refractivity contribution in [2.24, 2.45) is 0 Å². The molecule has 0 spiro atoms. The van der Waals surface area contributed by atoms with Crippen LogP contribution in [0.4, 0.5) is 0 Å². The number of allylic oxidation sites excluding steroid dienone is 1. The zero-order valence-corrected chi connectivity index (χ0v) is 21.9. The van der Waals surface area contributed by atoms with Crippen molar-refractivity contribution >= 4 is 71.1 Å². The second-order valence-corrected chi connectivity index (χ2v) is 11.5. The lowest BCUT2D eigenvalue weighted by molar-refractivity contribution is 0.639. The van der Waals surface area contributed by atoms with E-state index in [2.05, 4.69) is 131 Å². The topological polar surface area (TPSA) is 22.8 Å². The highest BCUT2D eigenvalue weighted by atomic mass is 32.1. The minimum atomic E-state index is 0.255. The molecule has 4 aromatic carbocycles. The molecule has 3 nitrogen and oxygen atoms in total. The van der Waals surface area contributed by atoms with Crippen molar-refractivity contribution in [1.82, 2.24) is 14.1 Å². The molecule has 0 amide bonds. The number of nitrogens with zero attached hydrogens (tertiary/aromatic N) is 3. The van der Waals surface area contributed by atoms with Gasteiger partial charge < -0.3 is 4.57 Å². The first-order chi connectivity index (χ1) is 19.3. The SMILES string of the molecule is C1=CC(n2c3ccccc3c3ccccc32)Cc2c1sc1cnc(-n3c4ccccc4c4ccccc43)cc21. The fraction of sp³-hybridized carbons (Fsp3) is 0.0571. The summed E-state index contributed by atoms with van der Waals surface area (Å²) >= 11 is 1.85. The van der Waals surface area contributed by atoms with Crippen LogP contribution in [0.15, 0.2) is 115 Å². The van der Waals surface area contributed by atoms with Crippen LogP contribution in [0.1, 0.15) is 16.5 Å². The number of rotatable bonds is 2. The Labute approximate surface area is 228 Å². The van der Waals surface area contributed by atoms with Gasteiger partial charge in [-0.2, -0.15) is 0 Å². The Morgan fingerprint density at radius 1 is 0.641 bits per heavy atom. The van der Waals surface area contributed by atoms with Gasteiger partial charge in [-0.25, -0.2) is 4.98 Å². The first kappa shape index (κ1) is 21.3. The number of thiophene rings is 1. The van der Waals surface area contributed by atoms with Crippen LogP contribution >= 0.6 is 11.3 Å². The van der Waals surface area contributed by atoms with E-state index < -0.39 is 0 Å². The molecule has 0 radical (unpaired) electrons. The number of para-hydroxylation sites is 4. The predicted molar refractivity (Wildman–Crippen MR) is 165 cm³/mol. The van der Waals surface area contributed by atoms with Crippen LogP contribution in [-0.4, -0.2) is 14.1 Å². The van der Waals surface area contributed by atoms with Gasteiger partial charge in [-0.15, -0.1) is 11.3 Å². The summed E-state index contributed by atoms with van der Waals surface area (Å²) in [5.41, 5.74) is 6.40. The van der Waals surface area contributed by atoms with Crippen molar-refractivity contribution in [2.75, 3.05) is 0 Å². The van der Waals surface area contributed by atoms with Crippen molar-refractivity contribution in [3.05, 3.63) is 126 Å². The van der Waals surface area contributed by atoms with Crippen LogP contribution < -0.4 is 0 Å². The molecule has 39 heavy (non-hydrogen) atoms. The van der Waals surface area contributed by atoms with Crippen LogP contribution in [-0.2, 0) is 6.42 Å². The van der Waals surface area contributed by atoms with E-state index in [0.717, 1.165) is 12.2 Å². The van der Waals surface area contributed by atoms with Gasteiger partial charge in [0.15, 0.2) is 0 Å². The lowest BCUT2D eigenvalue weighted by Crippen LogP contribution is -2.12. The minimum absolute atomic E-state index is 0.255. The van der Waals surface area contributed by atoms with Gasteiger partial charge in [-0.3, -0.25) is 4.57 Å². The number of hydrogen-bond acceptors (Lipinski definition) is 2. The highest BCUT2D eigenvalue weighted by Crippen LogP contribution is 2.42. The molecular formula is C35H23N3S. The van der Waals surface area contributed by atoms with Gasteiger partial charge in [0.1, 0.15) is 5.82 Å². The van der Waals surface area contributed by atoms with E-state index >= 15 is 0 Å². The Balaban J connectivity index is 1.24. The molecule has 4 aromatic heterocycles. The Kier molecular flexibility index (Phi) is 4.32. The van der Waals surface area contributed by atoms with Gasteiger partial charge in [-0.1, -0.05) is 78.9 Å². The van der Waals surface area contributed by atoms with Crippen molar-refractivity contribution in [2.45, 2.75) is 12.5 Å². The molecule has 0 fully saturated rings. The molecule has 184 valence electrons. The summed E-state index contributed by atoms with van der Waals surface area (Å²) in [7, 11) is 0. The molecule has 0 saturated heterocycles. The fourth-order valence-corrected chi connectivity index (χ4v) is 7.76. The van der Waals surface area contributed by atoms with E-state index in [1.165, 1.54) is 64.1 Å². The van der Waals surface area contributed by atoms with E-state index in [1.807, 2.05) is 11.3 Å². The largest absolute Gasteiger partial charge is 0.333 e. The monoisotopic (exact) mass is 517 g/mol. The van der Waals surface area contributed by atoms with Gasteiger partial charge >= 0.3 is 0 Å². The Morgan fingerprint density at radius 2 is 1.18 bits per heavy atom. The Bertz CT molecular complexity index is 2170. The van der Waals surface area contributed by atoms with Crippen molar-refractivity contribution in [3.63, 3.8) is 0 Å². The highest BCUT2D eigenvalue weighted by molar-refractivity contribution is 7.20. The number of aromatic nitrogens is 3. The quantitative estimate of drug-likeness (QED) is 0.224. The first-order valence-electron chi connectivity index (χ1n) is 13.4. The van der Waals surface area contributed by atoms with Crippen LogP contribution in [0, 0.1) is 0 Å². The van der Waals surface area contributed by atoms with E-state index in [-0.39, 0.29) is 6.04 Å². The third-order valence-electron chi connectivity index (χ3n) is 8.34. The molecule has 0 saturated carbocycles. The number of benzene rings is 4. The third-order valence-corrected chi connectivity index (χ3v) is 9.48. The predicted octanol–water partition coefficient (Wildman–Crippen LogP) is 9.31. The number of hydrogen-bond donors (Lipinski definition) is 0. The molecule has 1 atom stereocenters. The van der Waals surface area contributed by atoms with Crippen molar-refractivity contribution in [3.8, 4) is 5.82 Å². The Hall–Kier alpha value is -4.67. The fourth-order valence-electron chi connectivity index (χ4n) is 6.66. The lowest BCUT2D eigenvalue weighted by Gasteiger charge is -2.21. The molecule has 4 heteroatoms. The maximum atomic E-state index is 4.99.